The summed E-state index contributed by atoms with van der Waals surface area (Å²) in [6.45, 7) is 3.05. The standard InChI is InChI=1S/C14H22N2O3/c1-11(14(18)15-7-8-16(2)3)19-13-6-4-5-12(9-13)10-17/h4-6,9,11,17H,7-8,10H2,1-3H3,(H,15,18). The monoisotopic (exact) mass is 266 g/mol. The van der Waals surface area contributed by atoms with Crippen LogP contribution in [0.4, 0.5) is 0 Å². The Labute approximate surface area is 114 Å². The van der Waals surface area contributed by atoms with E-state index < -0.39 is 6.10 Å². The number of amides is 1. The predicted molar refractivity (Wildman–Crippen MR) is 74.0 cm³/mol. The van der Waals surface area contributed by atoms with Crippen molar-refractivity contribution in [2.45, 2.75) is 19.6 Å². The van der Waals surface area contributed by atoms with E-state index in [9.17, 15) is 4.79 Å². The van der Waals surface area contributed by atoms with Crippen LogP contribution in [0.2, 0.25) is 0 Å². The van der Waals surface area contributed by atoms with Gasteiger partial charge in [0.15, 0.2) is 6.10 Å². The van der Waals surface area contributed by atoms with Crippen LogP contribution in [-0.4, -0.2) is 49.2 Å². The van der Waals surface area contributed by atoms with E-state index in [0.29, 0.717) is 12.3 Å². The van der Waals surface area contributed by atoms with Crippen molar-refractivity contribution in [2.75, 3.05) is 27.2 Å². The molecule has 0 fully saturated rings. The molecule has 0 bridgehead atoms. The van der Waals surface area contributed by atoms with Gasteiger partial charge >= 0.3 is 0 Å². The first-order valence-corrected chi connectivity index (χ1v) is 6.32. The molecule has 0 radical (unpaired) electrons. The summed E-state index contributed by atoms with van der Waals surface area (Å²) in [5.74, 6) is 0.443. The SMILES string of the molecule is CC(Oc1cccc(CO)c1)C(=O)NCCN(C)C. The molecule has 19 heavy (non-hydrogen) atoms. The highest BCUT2D eigenvalue weighted by Gasteiger charge is 2.14. The van der Waals surface area contributed by atoms with Crippen LogP contribution in [0, 0.1) is 0 Å². The van der Waals surface area contributed by atoms with Gasteiger partial charge in [0, 0.05) is 13.1 Å². The summed E-state index contributed by atoms with van der Waals surface area (Å²) in [5.41, 5.74) is 0.762. The Balaban J connectivity index is 2.44. The van der Waals surface area contributed by atoms with Crippen molar-refractivity contribution < 1.29 is 14.6 Å². The largest absolute Gasteiger partial charge is 0.481 e. The normalized spacial score (nSPS) is 12.3. The Kier molecular flexibility index (Phi) is 6.32. The molecule has 0 aliphatic rings. The van der Waals surface area contributed by atoms with Gasteiger partial charge in [-0.3, -0.25) is 4.79 Å². The average molecular weight is 266 g/mol. The van der Waals surface area contributed by atoms with E-state index in [2.05, 4.69) is 5.32 Å². The third kappa shape index (κ3) is 5.72. The molecule has 1 amide bonds. The van der Waals surface area contributed by atoms with Gasteiger partial charge in [-0.05, 0) is 38.7 Å². The summed E-state index contributed by atoms with van der Waals surface area (Å²) in [5, 5.41) is 11.8. The number of hydrogen-bond acceptors (Lipinski definition) is 4. The molecule has 0 aliphatic heterocycles. The first kappa shape index (κ1) is 15.5. The second kappa shape index (κ2) is 7.76. The molecule has 1 aromatic rings. The van der Waals surface area contributed by atoms with Crippen molar-refractivity contribution in [2.24, 2.45) is 0 Å². The van der Waals surface area contributed by atoms with E-state index >= 15 is 0 Å². The second-order valence-electron chi connectivity index (χ2n) is 4.66. The summed E-state index contributed by atoms with van der Waals surface area (Å²) in [6.07, 6.45) is -0.559. The molecule has 106 valence electrons. The fourth-order valence-electron chi connectivity index (χ4n) is 1.52. The minimum atomic E-state index is -0.559. The number of hydrogen-bond donors (Lipinski definition) is 2. The van der Waals surface area contributed by atoms with Crippen LogP contribution in [0.5, 0.6) is 5.75 Å². The molecule has 1 aromatic carbocycles. The zero-order valence-electron chi connectivity index (χ0n) is 11.7. The van der Waals surface area contributed by atoms with Crippen LogP contribution in [-0.2, 0) is 11.4 Å². The van der Waals surface area contributed by atoms with E-state index in [0.717, 1.165) is 12.1 Å². The quantitative estimate of drug-likeness (QED) is 0.759. The summed E-state index contributed by atoms with van der Waals surface area (Å²) in [4.78, 5) is 13.8. The molecule has 0 saturated carbocycles. The lowest BCUT2D eigenvalue weighted by atomic mass is 10.2. The number of carbonyl (C=O) groups excluding carboxylic acids is 1. The number of aliphatic hydroxyl groups is 1. The Bertz CT molecular complexity index is 407. The topological polar surface area (TPSA) is 61.8 Å². The Morgan fingerprint density at radius 2 is 2.21 bits per heavy atom. The van der Waals surface area contributed by atoms with Crippen LogP contribution in [0.15, 0.2) is 24.3 Å². The van der Waals surface area contributed by atoms with Crippen molar-refractivity contribution in [3.63, 3.8) is 0 Å². The smallest absolute Gasteiger partial charge is 0.260 e. The van der Waals surface area contributed by atoms with Gasteiger partial charge in [0.1, 0.15) is 5.75 Å². The average Bonchev–Trinajstić information content (AvgIpc) is 2.38. The van der Waals surface area contributed by atoms with Gasteiger partial charge in [-0.15, -0.1) is 0 Å². The fraction of sp³-hybridized carbons (Fsp3) is 0.500. The number of carbonyl (C=O) groups is 1. The first-order chi connectivity index (χ1) is 9.02. The first-order valence-electron chi connectivity index (χ1n) is 6.32. The van der Waals surface area contributed by atoms with Crippen molar-refractivity contribution >= 4 is 5.91 Å². The number of nitrogens with zero attached hydrogens (tertiary/aromatic N) is 1. The van der Waals surface area contributed by atoms with Gasteiger partial charge in [-0.2, -0.15) is 0 Å². The van der Waals surface area contributed by atoms with Gasteiger partial charge in [0.25, 0.3) is 5.91 Å². The maximum Gasteiger partial charge on any atom is 0.260 e. The number of nitrogens with one attached hydrogen (secondary N) is 1. The third-order valence-corrected chi connectivity index (χ3v) is 2.62. The maximum absolute atomic E-state index is 11.8. The second-order valence-corrected chi connectivity index (χ2v) is 4.66. The van der Waals surface area contributed by atoms with Crippen molar-refractivity contribution in [3.05, 3.63) is 29.8 Å². The van der Waals surface area contributed by atoms with Crippen LogP contribution >= 0.6 is 0 Å². The summed E-state index contributed by atoms with van der Waals surface area (Å²) in [7, 11) is 3.90. The molecule has 5 heteroatoms. The highest BCUT2D eigenvalue weighted by molar-refractivity contribution is 5.80. The van der Waals surface area contributed by atoms with E-state index in [1.807, 2.05) is 19.0 Å². The van der Waals surface area contributed by atoms with Gasteiger partial charge in [0.05, 0.1) is 6.61 Å². The van der Waals surface area contributed by atoms with Crippen LogP contribution in [0.3, 0.4) is 0 Å². The van der Waals surface area contributed by atoms with Gasteiger partial charge in [0.2, 0.25) is 0 Å². The predicted octanol–water partition coefficient (Wildman–Crippen LogP) is 0.624. The Morgan fingerprint density at radius 3 is 2.84 bits per heavy atom. The van der Waals surface area contributed by atoms with Gasteiger partial charge in [-0.25, -0.2) is 0 Å². The molecule has 0 saturated heterocycles. The van der Waals surface area contributed by atoms with Crippen molar-refractivity contribution in [1.82, 2.24) is 10.2 Å². The Morgan fingerprint density at radius 1 is 1.47 bits per heavy atom. The minimum Gasteiger partial charge on any atom is -0.481 e. The lowest BCUT2D eigenvalue weighted by Gasteiger charge is -2.16. The zero-order chi connectivity index (χ0) is 14.3. The number of rotatable bonds is 7. The van der Waals surface area contributed by atoms with Gasteiger partial charge in [-0.1, -0.05) is 12.1 Å². The molecule has 2 N–H and O–H groups in total. The molecular weight excluding hydrogens is 244 g/mol. The van der Waals surface area contributed by atoms with Crippen molar-refractivity contribution in [1.29, 1.82) is 0 Å². The van der Waals surface area contributed by atoms with E-state index in [1.54, 1.807) is 31.2 Å². The molecule has 0 heterocycles. The van der Waals surface area contributed by atoms with Crippen LogP contribution < -0.4 is 10.1 Å². The van der Waals surface area contributed by atoms with Crippen LogP contribution in [0.25, 0.3) is 0 Å². The molecule has 0 aliphatic carbocycles. The number of benzene rings is 1. The third-order valence-electron chi connectivity index (χ3n) is 2.62. The lowest BCUT2D eigenvalue weighted by molar-refractivity contribution is -0.127. The molecule has 0 spiro atoms. The summed E-state index contributed by atoms with van der Waals surface area (Å²) >= 11 is 0. The van der Waals surface area contributed by atoms with Crippen molar-refractivity contribution in [3.8, 4) is 5.75 Å². The highest BCUT2D eigenvalue weighted by atomic mass is 16.5. The number of aliphatic hydroxyl groups excluding tert-OH is 1. The number of likely N-dealkylation sites (N-methyl/N-ethyl adjacent to an activating group) is 1. The van der Waals surface area contributed by atoms with E-state index in [4.69, 9.17) is 9.84 Å². The number of ether oxygens (including phenoxy) is 1. The van der Waals surface area contributed by atoms with E-state index in [-0.39, 0.29) is 12.5 Å². The molecular formula is C14H22N2O3. The lowest BCUT2D eigenvalue weighted by Crippen LogP contribution is -2.39. The summed E-state index contributed by atoms with van der Waals surface area (Å²) < 4.78 is 5.54. The zero-order valence-corrected chi connectivity index (χ0v) is 11.7. The van der Waals surface area contributed by atoms with E-state index in [1.165, 1.54) is 0 Å². The molecule has 1 rings (SSSR count). The maximum atomic E-state index is 11.8. The minimum absolute atomic E-state index is 0.0411. The molecule has 1 atom stereocenters. The molecule has 5 nitrogen and oxygen atoms in total. The fourth-order valence-corrected chi connectivity index (χ4v) is 1.52. The highest BCUT2D eigenvalue weighted by Crippen LogP contribution is 2.14. The Hall–Kier alpha value is -1.59. The summed E-state index contributed by atoms with van der Waals surface area (Å²) in [6, 6.07) is 7.08. The molecule has 1 unspecified atom stereocenters. The van der Waals surface area contributed by atoms with Gasteiger partial charge < -0.3 is 20.1 Å². The van der Waals surface area contributed by atoms with Crippen LogP contribution in [0.1, 0.15) is 12.5 Å². The molecule has 0 aromatic heterocycles.